The number of fused-ring (bicyclic) bond motifs is 1. The van der Waals surface area contributed by atoms with Gasteiger partial charge in [0.05, 0.1) is 5.60 Å². The summed E-state index contributed by atoms with van der Waals surface area (Å²) in [5, 5.41) is 19.4. The number of carbonyl (C=O) groups excluding carboxylic acids is 1. The molecular formula is C20H23N3O2. The van der Waals surface area contributed by atoms with Gasteiger partial charge in [-0.2, -0.15) is 5.10 Å². The third kappa shape index (κ3) is 2.82. The molecule has 0 spiro atoms. The Kier molecular flexibility index (Phi) is 4.25. The largest absolute Gasteiger partial charge is 0.385 e. The predicted molar refractivity (Wildman–Crippen MR) is 93.8 cm³/mol. The molecule has 25 heavy (non-hydrogen) atoms. The van der Waals surface area contributed by atoms with Crippen LogP contribution in [0.2, 0.25) is 0 Å². The van der Waals surface area contributed by atoms with E-state index < -0.39 is 5.60 Å². The number of rotatable bonds is 2. The maximum atomic E-state index is 12.9. The zero-order chi connectivity index (χ0) is 17.3. The number of likely N-dealkylation sites (tertiary alicyclic amines) is 1. The number of aromatic nitrogens is 2. The molecule has 1 aromatic carbocycles. The Morgan fingerprint density at radius 3 is 2.68 bits per heavy atom. The number of nitrogens with zero attached hydrogens (tertiary/aromatic N) is 3. The van der Waals surface area contributed by atoms with E-state index in [9.17, 15) is 9.90 Å². The van der Waals surface area contributed by atoms with Crippen LogP contribution in [0.15, 0.2) is 48.7 Å². The average molecular weight is 337 g/mol. The van der Waals surface area contributed by atoms with Gasteiger partial charge in [-0.15, -0.1) is 5.10 Å². The molecule has 2 aromatic rings. The minimum absolute atomic E-state index is 0.0576. The molecule has 4 rings (SSSR count). The predicted octanol–water partition coefficient (Wildman–Crippen LogP) is 2.77. The highest BCUT2D eigenvalue weighted by Gasteiger charge is 2.50. The van der Waals surface area contributed by atoms with Crippen LogP contribution in [0.3, 0.4) is 0 Å². The van der Waals surface area contributed by atoms with E-state index in [4.69, 9.17) is 0 Å². The highest BCUT2D eigenvalue weighted by molar-refractivity contribution is 5.92. The molecule has 1 N–H and O–H groups in total. The zero-order valence-electron chi connectivity index (χ0n) is 14.2. The lowest BCUT2D eigenvalue weighted by Crippen LogP contribution is -2.59. The first-order valence-corrected chi connectivity index (χ1v) is 9.07. The summed E-state index contributed by atoms with van der Waals surface area (Å²) in [4.78, 5) is 14.9. The van der Waals surface area contributed by atoms with Crippen molar-refractivity contribution in [2.45, 2.75) is 43.7 Å². The van der Waals surface area contributed by atoms with E-state index in [1.54, 1.807) is 18.3 Å². The topological polar surface area (TPSA) is 66.3 Å². The van der Waals surface area contributed by atoms with E-state index in [1.807, 2.05) is 35.2 Å². The third-order valence-corrected chi connectivity index (χ3v) is 5.80. The normalized spacial score (nSPS) is 29.1. The van der Waals surface area contributed by atoms with Gasteiger partial charge in [0.25, 0.3) is 5.91 Å². The van der Waals surface area contributed by atoms with Gasteiger partial charge >= 0.3 is 0 Å². The highest BCUT2D eigenvalue weighted by atomic mass is 16.3. The Morgan fingerprint density at radius 1 is 1.12 bits per heavy atom. The molecule has 5 nitrogen and oxygen atoms in total. The van der Waals surface area contributed by atoms with Crippen molar-refractivity contribution in [2.24, 2.45) is 5.92 Å². The molecule has 1 aliphatic heterocycles. The van der Waals surface area contributed by atoms with Crippen LogP contribution in [0.1, 0.15) is 48.2 Å². The molecule has 3 atom stereocenters. The van der Waals surface area contributed by atoms with Crippen LogP contribution in [0.4, 0.5) is 0 Å². The Bertz CT molecular complexity index is 737. The molecule has 2 heterocycles. The summed E-state index contributed by atoms with van der Waals surface area (Å²) in [7, 11) is 0. The smallest absolute Gasteiger partial charge is 0.274 e. The van der Waals surface area contributed by atoms with Crippen LogP contribution in [-0.4, -0.2) is 38.7 Å². The fourth-order valence-corrected chi connectivity index (χ4v) is 4.58. The van der Waals surface area contributed by atoms with Gasteiger partial charge in [0.1, 0.15) is 0 Å². The second-order valence-corrected chi connectivity index (χ2v) is 7.11. The van der Waals surface area contributed by atoms with Crippen molar-refractivity contribution in [2.75, 3.05) is 6.54 Å². The van der Waals surface area contributed by atoms with E-state index in [1.165, 1.54) is 0 Å². The van der Waals surface area contributed by atoms with E-state index >= 15 is 0 Å². The molecule has 0 bridgehead atoms. The van der Waals surface area contributed by atoms with Crippen molar-refractivity contribution in [3.8, 4) is 0 Å². The molecule has 3 unspecified atom stereocenters. The fraction of sp³-hybridized carbons (Fsp3) is 0.450. The second kappa shape index (κ2) is 6.56. The van der Waals surface area contributed by atoms with Gasteiger partial charge in [0.2, 0.25) is 0 Å². The summed E-state index contributed by atoms with van der Waals surface area (Å²) in [5.74, 6) is -0.00173. The lowest BCUT2D eigenvalue weighted by molar-refractivity contribution is -0.110. The maximum Gasteiger partial charge on any atom is 0.274 e. The Morgan fingerprint density at radius 2 is 1.92 bits per heavy atom. The first-order valence-electron chi connectivity index (χ1n) is 9.07. The Balaban J connectivity index is 1.66. The summed E-state index contributed by atoms with van der Waals surface area (Å²) in [5.41, 5.74) is 0.501. The number of carbonyl (C=O) groups is 1. The van der Waals surface area contributed by atoms with Crippen LogP contribution in [0.5, 0.6) is 0 Å². The highest BCUT2D eigenvalue weighted by Crippen LogP contribution is 2.47. The fourth-order valence-electron chi connectivity index (χ4n) is 4.58. The van der Waals surface area contributed by atoms with E-state index in [2.05, 4.69) is 10.2 Å². The Hall–Kier alpha value is -2.27. The summed E-state index contributed by atoms with van der Waals surface area (Å²) in [6, 6.07) is 13.4. The lowest BCUT2D eigenvalue weighted by Gasteiger charge is -2.52. The van der Waals surface area contributed by atoms with E-state index in [0.29, 0.717) is 18.7 Å². The standard InChI is InChI=1S/C20H23N3O2/c24-19(17-10-6-13-21-22-17)23-14-12-20(25,15-7-2-1-3-8-15)16-9-4-5-11-18(16)23/h1-3,6-8,10,13,16,18,25H,4-5,9,11-12,14H2. The number of amides is 1. The van der Waals surface area contributed by atoms with Gasteiger partial charge in [-0.1, -0.05) is 43.2 Å². The van der Waals surface area contributed by atoms with Crippen LogP contribution in [0, 0.1) is 5.92 Å². The Labute approximate surface area is 147 Å². The van der Waals surface area contributed by atoms with Crippen molar-refractivity contribution >= 4 is 5.91 Å². The zero-order valence-corrected chi connectivity index (χ0v) is 14.2. The molecule has 1 saturated carbocycles. The second-order valence-electron chi connectivity index (χ2n) is 7.11. The molecule has 0 radical (unpaired) electrons. The van der Waals surface area contributed by atoms with Crippen LogP contribution < -0.4 is 0 Å². The van der Waals surface area contributed by atoms with Crippen LogP contribution in [0.25, 0.3) is 0 Å². The number of hydrogen-bond acceptors (Lipinski definition) is 4. The monoisotopic (exact) mass is 337 g/mol. The number of aliphatic hydroxyl groups is 1. The minimum Gasteiger partial charge on any atom is -0.385 e. The van der Waals surface area contributed by atoms with E-state index in [-0.39, 0.29) is 17.9 Å². The molecule has 5 heteroatoms. The summed E-state index contributed by atoms with van der Waals surface area (Å²) < 4.78 is 0. The SMILES string of the molecule is O=C(c1cccnn1)N1CCC(O)(c2ccccc2)C2CCCCC21. The van der Waals surface area contributed by atoms with Gasteiger partial charge in [-0.25, -0.2) is 0 Å². The van der Waals surface area contributed by atoms with E-state index in [0.717, 1.165) is 31.2 Å². The number of hydrogen-bond donors (Lipinski definition) is 1. The molecule has 1 saturated heterocycles. The van der Waals surface area contributed by atoms with Gasteiger partial charge in [0, 0.05) is 24.7 Å². The average Bonchev–Trinajstić information content (AvgIpc) is 2.69. The van der Waals surface area contributed by atoms with Crippen molar-refractivity contribution in [1.29, 1.82) is 0 Å². The van der Waals surface area contributed by atoms with Crippen molar-refractivity contribution < 1.29 is 9.90 Å². The van der Waals surface area contributed by atoms with Crippen LogP contribution >= 0.6 is 0 Å². The molecule has 1 aromatic heterocycles. The molecule has 1 amide bonds. The van der Waals surface area contributed by atoms with Gasteiger partial charge in [-0.05, 0) is 37.0 Å². The maximum absolute atomic E-state index is 12.9. The molecule has 1 aliphatic carbocycles. The summed E-state index contributed by atoms with van der Waals surface area (Å²) in [6.07, 6.45) is 6.21. The van der Waals surface area contributed by atoms with Gasteiger partial charge in [-0.3, -0.25) is 4.79 Å². The van der Waals surface area contributed by atoms with Crippen molar-refractivity contribution in [3.05, 3.63) is 59.9 Å². The van der Waals surface area contributed by atoms with Gasteiger partial charge < -0.3 is 10.0 Å². The first-order chi connectivity index (χ1) is 12.2. The third-order valence-electron chi connectivity index (χ3n) is 5.80. The number of benzene rings is 1. The summed E-state index contributed by atoms with van der Waals surface area (Å²) >= 11 is 0. The first kappa shape index (κ1) is 16.2. The van der Waals surface area contributed by atoms with Gasteiger partial charge in [0.15, 0.2) is 5.69 Å². The lowest BCUT2D eigenvalue weighted by atomic mass is 9.66. The minimum atomic E-state index is -0.856. The quantitative estimate of drug-likeness (QED) is 0.915. The van der Waals surface area contributed by atoms with Crippen molar-refractivity contribution in [1.82, 2.24) is 15.1 Å². The molecule has 130 valence electrons. The number of piperidine rings is 1. The van der Waals surface area contributed by atoms with Crippen LogP contribution in [-0.2, 0) is 5.60 Å². The molecular weight excluding hydrogens is 314 g/mol. The van der Waals surface area contributed by atoms with Crippen molar-refractivity contribution in [3.63, 3.8) is 0 Å². The molecule has 2 aliphatic rings. The molecule has 2 fully saturated rings. The summed E-state index contributed by atoms with van der Waals surface area (Å²) in [6.45, 7) is 0.544.